The first-order valence-electron chi connectivity index (χ1n) is 4.53. The molecule has 1 N–H and O–H groups in total. The van der Waals surface area contributed by atoms with Crippen LogP contribution in [0.5, 0.6) is 0 Å². The van der Waals surface area contributed by atoms with Gasteiger partial charge in [0.2, 0.25) is 0 Å². The zero-order chi connectivity index (χ0) is 11.1. The maximum absolute atomic E-state index is 10.2. The number of hydrogen-bond acceptors (Lipinski definition) is 1. The fourth-order valence-electron chi connectivity index (χ4n) is 1.05. The van der Waals surface area contributed by atoms with Crippen LogP contribution >= 0.6 is 0 Å². The normalized spacial score (nSPS) is 12.8. The number of allylic oxidation sites excluding steroid dienone is 3. The molecule has 0 spiro atoms. The third kappa shape index (κ3) is 3.65. The first-order valence-corrected chi connectivity index (χ1v) is 4.53. The average Bonchev–Trinajstić information content (AvgIpc) is 2.68. The summed E-state index contributed by atoms with van der Waals surface area (Å²) in [4.78, 5) is 10.2. The first kappa shape index (κ1) is 11.0. The fraction of sp³-hybridized carbons (Fsp3) is 0. The molecule has 2 rings (SSSR count). The number of benzene rings is 1. The smallest absolute Gasteiger partial charge is 0.336 e. The van der Waals surface area contributed by atoms with Gasteiger partial charge in [-0.25, -0.2) is 4.79 Å². The summed E-state index contributed by atoms with van der Waals surface area (Å²) >= 11 is 0. The second kappa shape index (κ2) is 5.60. The van der Waals surface area contributed by atoms with E-state index in [4.69, 9.17) is 5.11 Å². The van der Waals surface area contributed by atoms with Gasteiger partial charge in [-0.05, 0) is 11.6 Å². The third-order valence-electron chi connectivity index (χ3n) is 1.80. The Morgan fingerprint density at radius 2 is 1.53 bits per heavy atom. The molecule has 0 atom stereocenters. The van der Waals surface area contributed by atoms with Crippen molar-refractivity contribution < 1.29 is 9.90 Å². The van der Waals surface area contributed by atoms with E-state index >= 15 is 0 Å². The van der Waals surface area contributed by atoms with E-state index < -0.39 is 5.97 Å². The number of carboxylic acid groups (broad SMARTS) is 1. The van der Waals surface area contributed by atoms with Crippen molar-refractivity contribution >= 4 is 5.97 Å². The number of rotatable bonds is 1. The molecular formula is C13H12O2. The summed E-state index contributed by atoms with van der Waals surface area (Å²) in [5.41, 5.74) is 0.859. The molecule has 0 unspecified atom stereocenters. The van der Waals surface area contributed by atoms with Gasteiger partial charge in [0.25, 0.3) is 0 Å². The van der Waals surface area contributed by atoms with E-state index in [-0.39, 0.29) is 5.57 Å². The monoisotopic (exact) mass is 200 g/mol. The van der Waals surface area contributed by atoms with Crippen LogP contribution in [-0.4, -0.2) is 11.1 Å². The van der Waals surface area contributed by atoms with E-state index in [0.717, 1.165) is 0 Å². The van der Waals surface area contributed by atoms with Crippen molar-refractivity contribution in [3.63, 3.8) is 0 Å². The van der Waals surface area contributed by atoms with Crippen LogP contribution in [0.15, 0.2) is 72.4 Å². The molecule has 1 aliphatic rings. The topological polar surface area (TPSA) is 37.3 Å². The Morgan fingerprint density at radius 1 is 1.07 bits per heavy atom. The van der Waals surface area contributed by atoms with Crippen molar-refractivity contribution in [2.75, 3.05) is 0 Å². The molecule has 15 heavy (non-hydrogen) atoms. The minimum Gasteiger partial charge on any atom is -0.478 e. The Labute approximate surface area is 88.9 Å². The minimum absolute atomic E-state index is 0.287. The average molecular weight is 200 g/mol. The molecule has 0 heterocycles. The lowest BCUT2D eigenvalue weighted by Gasteiger charge is -1.92. The molecule has 0 saturated carbocycles. The molecule has 0 amide bonds. The Balaban J connectivity index is 0.000000162. The Hall–Kier alpha value is -2.09. The lowest BCUT2D eigenvalue weighted by Crippen LogP contribution is -1.98. The highest BCUT2D eigenvalue weighted by atomic mass is 16.4. The van der Waals surface area contributed by atoms with E-state index in [9.17, 15) is 4.79 Å². The van der Waals surface area contributed by atoms with Gasteiger partial charge in [0.05, 0.1) is 5.57 Å². The molecule has 1 aromatic rings. The third-order valence-corrected chi connectivity index (χ3v) is 1.80. The molecule has 0 aromatic heterocycles. The summed E-state index contributed by atoms with van der Waals surface area (Å²) in [6, 6.07) is 12.0. The van der Waals surface area contributed by atoms with Gasteiger partial charge < -0.3 is 5.11 Å². The zero-order valence-corrected chi connectivity index (χ0v) is 8.26. The summed E-state index contributed by atoms with van der Waals surface area (Å²) in [6.07, 6.45) is 4.87. The number of aliphatic carboxylic acids is 1. The van der Waals surface area contributed by atoms with Crippen LogP contribution in [0.3, 0.4) is 0 Å². The van der Waals surface area contributed by atoms with Crippen molar-refractivity contribution in [1.29, 1.82) is 0 Å². The Bertz CT molecular complexity index is 373. The van der Waals surface area contributed by atoms with E-state index in [1.165, 1.54) is 6.08 Å². The SMILES string of the molecule is C=C1C=CC=C1C(=O)O.c1ccccc1. The van der Waals surface area contributed by atoms with Crippen LogP contribution in [0, 0.1) is 0 Å². The molecule has 2 nitrogen and oxygen atoms in total. The van der Waals surface area contributed by atoms with Crippen molar-refractivity contribution in [1.82, 2.24) is 0 Å². The maximum atomic E-state index is 10.2. The van der Waals surface area contributed by atoms with Crippen LogP contribution in [-0.2, 0) is 4.79 Å². The highest BCUT2D eigenvalue weighted by Gasteiger charge is 2.10. The number of carboxylic acids is 1. The van der Waals surface area contributed by atoms with Crippen LogP contribution in [0.2, 0.25) is 0 Å². The van der Waals surface area contributed by atoms with Gasteiger partial charge in [0, 0.05) is 0 Å². The van der Waals surface area contributed by atoms with Gasteiger partial charge in [-0.3, -0.25) is 0 Å². The van der Waals surface area contributed by atoms with Gasteiger partial charge in [-0.15, -0.1) is 0 Å². The molecular weight excluding hydrogens is 188 g/mol. The second-order valence-corrected chi connectivity index (χ2v) is 2.92. The Kier molecular flexibility index (Phi) is 4.10. The highest BCUT2D eigenvalue weighted by Crippen LogP contribution is 2.15. The second-order valence-electron chi connectivity index (χ2n) is 2.92. The molecule has 0 radical (unpaired) electrons. The molecule has 76 valence electrons. The van der Waals surface area contributed by atoms with Gasteiger partial charge >= 0.3 is 5.97 Å². The van der Waals surface area contributed by atoms with E-state index in [1.807, 2.05) is 36.4 Å². The summed E-state index contributed by atoms with van der Waals surface area (Å²) in [6.45, 7) is 3.52. The van der Waals surface area contributed by atoms with Gasteiger partial charge in [0.1, 0.15) is 0 Å². The predicted molar refractivity (Wildman–Crippen MR) is 60.4 cm³/mol. The number of carbonyl (C=O) groups is 1. The minimum atomic E-state index is -0.912. The molecule has 1 aromatic carbocycles. The van der Waals surface area contributed by atoms with E-state index in [1.54, 1.807) is 12.2 Å². The Morgan fingerprint density at radius 3 is 1.73 bits per heavy atom. The zero-order valence-electron chi connectivity index (χ0n) is 8.26. The summed E-state index contributed by atoms with van der Waals surface area (Å²) in [5.74, 6) is -0.912. The van der Waals surface area contributed by atoms with Crippen molar-refractivity contribution in [2.24, 2.45) is 0 Å². The lowest BCUT2D eigenvalue weighted by atomic mass is 10.2. The largest absolute Gasteiger partial charge is 0.478 e. The van der Waals surface area contributed by atoms with Crippen LogP contribution in [0.4, 0.5) is 0 Å². The summed E-state index contributed by atoms with van der Waals surface area (Å²) < 4.78 is 0. The lowest BCUT2D eigenvalue weighted by molar-refractivity contribution is -0.132. The maximum Gasteiger partial charge on any atom is 0.336 e. The predicted octanol–water partition coefficient (Wildman–Crippen LogP) is 2.81. The van der Waals surface area contributed by atoms with Crippen molar-refractivity contribution in [3.05, 3.63) is 72.4 Å². The van der Waals surface area contributed by atoms with Crippen molar-refractivity contribution in [3.8, 4) is 0 Å². The van der Waals surface area contributed by atoms with Crippen LogP contribution in [0.25, 0.3) is 0 Å². The van der Waals surface area contributed by atoms with Crippen LogP contribution < -0.4 is 0 Å². The molecule has 0 bridgehead atoms. The molecule has 2 heteroatoms. The van der Waals surface area contributed by atoms with Crippen LogP contribution in [0.1, 0.15) is 0 Å². The molecule has 0 saturated heterocycles. The summed E-state index contributed by atoms with van der Waals surface area (Å²) in [5, 5.41) is 8.41. The fourth-order valence-corrected chi connectivity index (χ4v) is 1.05. The van der Waals surface area contributed by atoms with E-state index in [0.29, 0.717) is 5.57 Å². The first-order chi connectivity index (χ1) is 7.22. The van der Waals surface area contributed by atoms with Gasteiger partial charge in [-0.1, -0.05) is 55.1 Å². The molecule has 0 fully saturated rings. The highest BCUT2D eigenvalue weighted by molar-refractivity contribution is 5.94. The van der Waals surface area contributed by atoms with Crippen molar-refractivity contribution in [2.45, 2.75) is 0 Å². The number of hydrogen-bond donors (Lipinski definition) is 1. The standard InChI is InChI=1S/C7H6O2.C6H6/c1-5-3-2-4-6(5)7(8)9;1-2-4-6-5-3-1/h2-4H,1H2,(H,8,9);1-6H. The summed E-state index contributed by atoms with van der Waals surface area (Å²) in [7, 11) is 0. The quantitative estimate of drug-likeness (QED) is 0.756. The van der Waals surface area contributed by atoms with E-state index in [2.05, 4.69) is 6.58 Å². The van der Waals surface area contributed by atoms with Gasteiger partial charge in [0.15, 0.2) is 0 Å². The molecule has 1 aliphatic carbocycles. The molecule has 0 aliphatic heterocycles. The van der Waals surface area contributed by atoms with Gasteiger partial charge in [-0.2, -0.15) is 0 Å².